The van der Waals surface area contributed by atoms with Gasteiger partial charge in [-0.05, 0) is 25.1 Å². The molecule has 0 spiro atoms. The van der Waals surface area contributed by atoms with Gasteiger partial charge >= 0.3 is 0 Å². The van der Waals surface area contributed by atoms with E-state index in [1.807, 2.05) is 0 Å². The lowest BCUT2D eigenvalue weighted by atomic mass is 10.2. The quantitative estimate of drug-likeness (QED) is 0.356. The minimum Gasteiger partial charge on any atom is -0.495 e. The lowest BCUT2D eigenvalue weighted by Gasteiger charge is -2.14. The average molecular weight is 417 g/mol. The highest BCUT2D eigenvalue weighted by atomic mass is 32.2. The van der Waals surface area contributed by atoms with Crippen LogP contribution in [0.25, 0.3) is 5.69 Å². The molecule has 0 aliphatic carbocycles. The second-order valence-electron chi connectivity index (χ2n) is 5.83. The molecule has 1 N–H and O–H groups in total. The van der Waals surface area contributed by atoms with Crippen LogP contribution in [0, 0.1) is 15.9 Å². The number of ether oxygens (including phenoxy) is 1. The van der Waals surface area contributed by atoms with Gasteiger partial charge in [-0.15, -0.1) is 10.2 Å². The Labute approximate surface area is 169 Å². The molecule has 0 aliphatic rings. The van der Waals surface area contributed by atoms with Gasteiger partial charge in [0.05, 0.1) is 28.7 Å². The van der Waals surface area contributed by atoms with Gasteiger partial charge in [0.25, 0.3) is 5.69 Å². The number of aromatic nitrogens is 3. The number of thioether (sulfide) groups is 1. The first-order valence-corrected chi connectivity index (χ1v) is 9.23. The predicted molar refractivity (Wildman–Crippen MR) is 105 cm³/mol. The summed E-state index contributed by atoms with van der Waals surface area (Å²) in [5.74, 6) is -0.597. The number of nitrogens with zero attached hydrogens (tertiary/aromatic N) is 4. The number of methoxy groups -OCH3 is 1. The molecule has 0 bridgehead atoms. The molecule has 0 saturated carbocycles. The van der Waals surface area contributed by atoms with E-state index in [1.165, 1.54) is 42.3 Å². The number of carbonyl (C=O) groups excluding carboxylic acids is 1. The van der Waals surface area contributed by atoms with Gasteiger partial charge in [-0.25, -0.2) is 4.39 Å². The van der Waals surface area contributed by atoms with Crippen molar-refractivity contribution in [1.29, 1.82) is 0 Å². The van der Waals surface area contributed by atoms with E-state index in [4.69, 9.17) is 4.74 Å². The third-order valence-corrected chi connectivity index (χ3v) is 4.99. The van der Waals surface area contributed by atoms with E-state index < -0.39 is 21.9 Å². The van der Waals surface area contributed by atoms with Crippen LogP contribution >= 0.6 is 11.8 Å². The Morgan fingerprint density at radius 3 is 2.79 bits per heavy atom. The monoisotopic (exact) mass is 417 g/mol. The summed E-state index contributed by atoms with van der Waals surface area (Å²) in [5, 5.41) is 21.0. The summed E-state index contributed by atoms with van der Waals surface area (Å²) in [5.41, 5.74) is 0.253. The maximum atomic E-state index is 14.1. The number of hydrogen-bond acceptors (Lipinski definition) is 7. The lowest BCUT2D eigenvalue weighted by Crippen LogP contribution is -2.23. The fourth-order valence-electron chi connectivity index (χ4n) is 2.47. The van der Waals surface area contributed by atoms with Gasteiger partial charge in [0.15, 0.2) is 5.16 Å². The van der Waals surface area contributed by atoms with E-state index in [1.54, 1.807) is 25.1 Å². The zero-order valence-corrected chi connectivity index (χ0v) is 16.2. The van der Waals surface area contributed by atoms with Crippen molar-refractivity contribution < 1.29 is 18.8 Å². The van der Waals surface area contributed by atoms with Crippen molar-refractivity contribution in [1.82, 2.24) is 14.8 Å². The molecule has 0 unspecified atom stereocenters. The van der Waals surface area contributed by atoms with Crippen LogP contribution in [0.5, 0.6) is 5.75 Å². The third-order valence-electron chi connectivity index (χ3n) is 3.93. The van der Waals surface area contributed by atoms with Gasteiger partial charge in [-0.2, -0.15) is 0 Å². The zero-order chi connectivity index (χ0) is 21.0. The second kappa shape index (κ2) is 8.69. The number of nitro benzene ring substituents is 1. The minimum absolute atomic E-state index is 0.176. The van der Waals surface area contributed by atoms with Crippen LogP contribution in [0.1, 0.15) is 6.92 Å². The normalized spacial score (nSPS) is 11.7. The second-order valence-corrected chi connectivity index (χ2v) is 7.13. The third kappa shape index (κ3) is 4.51. The molecule has 0 radical (unpaired) electrons. The van der Waals surface area contributed by atoms with E-state index in [-0.39, 0.29) is 22.8 Å². The van der Waals surface area contributed by atoms with E-state index in [2.05, 4.69) is 15.5 Å². The Bertz CT molecular complexity index is 1060. The number of hydrogen-bond donors (Lipinski definition) is 1. The molecule has 1 atom stereocenters. The van der Waals surface area contributed by atoms with Crippen LogP contribution in [0.2, 0.25) is 0 Å². The minimum atomic E-state index is -0.659. The first kappa shape index (κ1) is 20.3. The Kier molecular flexibility index (Phi) is 6.07. The molecule has 11 heteroatoms. The molecule has 2 aromatic carbocycles. The number of amides is 1. The Morgan fingerprint density at radius 1 is 1.34 bits per heavy atom. The summed E-state index contributed by atoms with van der Waals surface area (Å²) in [4.78, 5) is 23.0. The molecular weight excluding hydrogens is 401 g/mol. The van der Waals surface area contributed by atoms with Crippen LogP contribution in [0.3, 0.4) is 0 Å². The van der Waals surface area contributed by atoms with Gasteiger partial charge < -0.3 is 10.1 Å². The molecule has 1 heterocycles. The van der Waals surface area contributed by atoms with E-state index in [9.17, 15) is 19.3 Å². The molecule has 0 aliphatic heterocycles. The van der Waals surface area contributed by atoms with Crippen molar-refractivity contribution in [3.63, 3.8) is 0 Å². The molecule has 9 nitrogen and oxygen atoms in total. The number of non-ortho nitro benzene ring substituents is 1. The molecule has 1 aromatic heterocycles. The largest absolute Gasteiger partial charge is 0.495 e. The zero-order valence-electron chi connectivity index (χ0n) is 15.4. The van der Waals surface area contributed by atoms with Crippen LogP contribution in [0.4, 0.5) is 15.8 Å². The highest BCUT2D eigenvalue weighted by molar-refractivity contribution is 8.00. The Hall–Kier alpha value is -3.47. The van der Waals surface area contributed by atoms with E-state index in [0.717, 1.165) is 11.8 Å². The number of para-hydroxylation sites is 1. The highest BCUT2D eigenvalue weighted by Gasteiger charge is 2.21. The van der Waals surface area contributed by atoms with Crippen LogP contribution in [0.15, 0.2) is 53.9 Å². The number of nitrogens with one attached hydrogen (secondary N) is 1. The number of benzene rings is 2. The van der Waals surface area contributed by atoms with Crippen molar-refractivity contribution in [3.8, 4) is 11.4 Å². The molecule has 1 amide bonds. The highest BCUT2D eigenvalue weighted by Crippen LogP contribution is 2.31. The predicted octanol–water partition coefficient (Wildman–Crippen LogP) is 3.44. The molecule has 3 rings (SSSR count). The first-order valence-electron chi connectivity index (χ1n) is 8.35. The Morgan fingerprint density at radius 2 is 2.10 bits per heavy atom. The van der Waals surface area contributed by atoms with Crippen molar-refractivity contribution in [2.45, 2.75) is 17.3 Å². The van der Waals surface area contributed by atoms with Gasteiger partial charge in [-0.3, -0.25) is 19.5 Å². The molecule has 0 fully saturated rings. The number of carbonyl (C=O) groups is 1. The maximum Gasteiger partial charge on any atom is 0.271 e. The molecule has 150 valence electrons. The molecule has 3 aromatic rings. The summed E-state index contributed by atoms with van der Waals surface area (Å²) in [6.45, 7) is 1.63. The number of halogens is 1. The fraction of sp³-hybridized carbons (Fsp3) is 0.167. The molecule has 29 heavy (non-hydrogen) atoms. The van der Waals surface area contributed by atoms with Crippen molar-refractivity contribution in [2.24, 2.45) is 0 Å². The molecular formula is C18H16FN5O4S. The maximum absolute atomic E-state index is 14.1. The Balaban J connectivity index is 1.78. The summed E-state index contributed by atoms with van der Waals surface area (Å²) in [6.07, 6.45) is 1.36. The summed E-state index contributed by atoms with van der Waals surface area (Å²) in [7, 11) is 1.39. The number of nitro groups is 1. The first-order chi connectivity index (χ1) is 13.9. The summed E-state index contributed by atoms with van der Waals surface area (Å²) >= 11 is 1.07. The molecule has 0 saturated heterocycles. The van der Waals surface area contributed by atoms with Gasteiger partial charge in [0, 0.05) is 12.1 Å². The summed E-state index contributed by atoms with van der Waals surface area (Å²) in [6, 6.07) is 10.0. The van der Waals surface area contributed by atoms with Gasteiger partial charge in [-0.1, -0.05) is 23.9 Å². The van der Waals surface area contributed by atoms with Crippen molar-refractivity contribution >= 4 is 29.0 Å². The van der Waals surface area contributed by atoms with Gasteiger partial charge in [0.1, 0.15) is 17.9 Å². The number of anilines is 1. The SMILES string of the molecule is COc1ccc([N+](=O)[O-])cc1NC(=O)[C@@H](C)Sc1nncn1-c1ccccc1F. The van der Waals surface area contributed by atoms with Crippen LogP contribution in [-0.2, 0) is 4.79 Å². The van der Waals surface area contributed by atoms with Crippen molar-refractivity contribution in [2.75, 3.05) is 12.4 Å². The topological polar surface area (TPSA) is 112 Å². The fourth-order valence-corrected chi connectivity index (χ4v) is 3.31. The lowest BCUT2D eigenvalue weighted by molar-refractivity contribution is -0.384. The number of rotatable bonds is 7. The van der Waals surface area contributed by atoms with E-state index >= 15 is 0 Å². The standard InChI is InChI=1S/C18H16FN5O4S/c1-11(17(25)21-14-9-12(24(26)27)7-8-16(14)28-2)29-18-22-20-10-23(18)15-6-4-3-5-13(15)19/h3-11H,1-2H3,(H,21,25)/t11-/m1/s1. The average Bonchev–Trinajstić information content (AvgIpc) is 3.16. The van der Waals surface area contributed by atoms with Gasteiger partial charge in [0.2, 0.25) is 5.91 Å². The van der Waals surface area contributed by atoms with Crippen LogP contribution < -0.4 is 10.1 Å². The summed E-state index contributed by atoms with van der Waals surface area (Å²) < 4.78 is 20.7. The van der Waals surface area contributed by atoms with Crippen molar-refractivity contribution in [3.05, 3.63) is 64.7 Å². The smallest absolute Gasteiger partial charge is 0.271 e. The van der Waals surface area contributed by atoms with E-state index in [0.29, 0.717) is 5.16 Å². The van der Waals surface area contributed by atoms with Crippen LogP contribution in [-0.4, -0.2) is 38.0 Å².